The number of hydrogen-bond donors (Lipinski definition) is 1. The number of aryl methyl sites for hydroxylation is 2. The van der Waals surface area contributed by atoms with Gasteiger partial charge in [-0.25, -0.2) is 0 Å². The summed E-state index contributed by atoms with van der Waals surface area (Å²) >= 11 is 0. The van der Waals surface area contributed by atoms with Crippen LogP contribution in [0.2, 0.25) is 0 Å². The van der Waals surface area contributed by atoms with E-state index in [0.717, 1.165) is 11.1 Å². The summed E-state index contributed by atoms with van der Waals surface area (Å²) in [7, 11) is 0. The Morgan fingerprint density at radius 2 is 1.75 bits per heavy atom. The molecular formula is C29H27NO6. The maximum atomic E-state index is 13.4. The van der Waals surface area contributed by atoms with Crippen molar-refractivity contribution in [1.29, 1.82) is 0 Å². The molecule has 7 heteroatoms. The number of nitrogens with zero attached hydrogens (tertiary/aromatic N) is 1. The number of hydrogen-bond acceptors (Lipinski definition) is 6. The Hall–Kier alpha value is -4.26. The van der Waals surface area contributed by atoms with Crippen molar-refractivity contribution in [2.75, 3.05) is 11.7 Å². The monoisotopic (exact) mass is 485 g/mol. The van der Waals surface area contributed by atoms with Crippen molar-refractivity contribution in [2.45, 2.75) is 39.8 Å². The van der Waals surface area contributed by atoms with E-state index in [9.17, 15) is 14.7 Å². The first-order valence-corrected chi connectivity index (χ1v) is 11.8. The lowest BCUT2D eigenvalue weighted by Gasteiger charge is -2.26. The Kier molecular flexibility index (Phi) is 5.92. The minimum absolute atomic E-state index is 0.00112. The molecule has 3 aromatic carbocycles. The Morgan fingerprint density at radius 1 is 0.972 bits per heavy atom. The third-order valence-corrected chi connectivity index (χ3v) is 6.40. The van der Waals surface area contributed by atoms with Crippen LogP contribution >= 0.6 is 0 Å². The molecular weight excluding hydrogens is 458 g/mol. The van der Waals surface area contributed by atoms with Crippen LogP contribution in [0.5, 0.6) is 17.2 Å². The molecule has 1 unspecified atom stereocenters. The van der Waals surface area contributed by atoms with Crippen molar-refractivity contribution >= 4 is 23.1 Å². The molecule has 36 heavy (non-hydrogen) atoms. The molecule has 0 spiro atoms. The van der Waals surface area contributed by atoms with E-state index in [4.69, 9.17) is 14.2 Å². The van der Waals surface area contributed by atoms with Crippen molar-refractivity contribution in [3.8, 4) is 17.2 Å². The Bertz CT molecular complexity index is 1410. The zero-order valence-corrected chi connectivity index (χ0v) is 20.6. The van der Waals surface area contributed by atoms with Crippen LogP contribution in [-0.2, 0) is 9.59 Å². The third-order valence-electron chi connectivity index (χ3n) is 6.40. The van der Waals surface area contributed by atoms with Crippen molar-refractivity contribution < 1.29 is 28.9 Å². The Balaban J connectivity index is 1.70. The van der Waals surface area contributed by atoms with Gasteiger partial charge in [0.05, 0.1) is 17.7 Å². The molecule has 184 valence electrons. The number of anilines is 1. The van der Waals surface area contributed by atoms with Crippen LogP contribution in [-0.4, -0.2) is 29.7 Å². The normalized spacial score (nSPS) is 18.2. The number of benzene rings is 3. The second kappa shape index (κ2) is 9.07. The van der Waals surface area contributed by atoms with Crippen molar-refractivity contribution in [3.05, 3.63) is 88.5 Å². The predicted molar refractivity (Wildman–Crippen MR) is 135 cm³/mol. The van der Waals surface area contributed by atoms with Crippen LogP contribution in [0, 0.1) is 13.8 Å². The van der Waals surface area contributed by atoms with Crippen LogP contribution < -0.4 is 19.1 Å². The lowest BCUT2D eigenvalue weighted by Crippen LogP contribution is -2.29. The highest BCUT2D eigenvalue weighted by molar-refractivity contribution is 6.51. The summed E-state index contributed by atoms with van der Waals surface area (Å²) in [6, 6.07) is 16.9. The molecule has 0 aliphatic carbocycles. The highest BCUT2D eigenvalue weighted by Crippen LogP contribution is 2.44. The summed E-state index contributed by atoms with van der Waals surface area (Å²) in [6.45, 7) is 7.87. The molecule has 0 aromatic heterocycles. The second-order valence-electron chi connectivity index (χ2n) is 9.24. The fourth-order valence-electron chi connectivity index (χ4n) is 4.52. The van der Waals surface area contributed by atoms with Crippen LogP contribution in [0.1, 0.15) is 42.1 Å². The van der Waals surface area contributed by atoms with Crippen LogP contribution in [0.25, 0.3) is 5.76 Å². The molecule has 0 saturated carbocycles. The molecule has 0 radical (unpaired) electrons. The lowest BCUT2D eigenvalue weighted by atomic mass is 9.94. The van der Waals surface area contributed by atoms with E-state index < -0.39 is 17.7 Å². The molecule has 1 atom stereocenters. The topological polar surface area (TPSA) is 85.3 Å². The quantitative estimate of drug-likeness (QED) is 0.294. The summed E-state index contributed by atoms with van der Waals surface area (Å²) in [5, 5.41) is 11.4. The molecule has 1 amide bonds. The van der Waals surface area contributed by atoms with Gasteiger partial charge in [-0.2, -0.15) is 0 Å². The largest absolute Gasteiger partial charge is 0.507 e. The number of carbonyl (C=O) groups excluding carboxylic acids is 2. The molecule has 2 aliphatic rings. The van der Waals surface area contributed by atoms with Gasteiger partial charge in [0.15, 0.2) is 11.5 Å². The first kappa shape index (κ1) is 23.5. The SMILES string of the molecule is Cc1ccc(N2C(=O)C(=O)/C(=C(\O)c3ccc4c(c3)OCO4)C2c2cccc(OC(C)C)c2)cc1C. The highest BCUT2D eigenvalue weighted by atomic mass is 16.7. The number of amides is 1. The molecule has 1 N–H and O–H groups in total. The number of carbonyl (C=O) groups is 2. The van der Waals surface area contributed by atoms with Gasteiger partial charge in [0.1, 0.15) is 11.5 Å². The van der Waals surface area contributed by atoms with Gasteiger partial charge in [-0.1, -0.05) is 18.2 Å². The Labute approximate surface area is 209 Å². The zero-order valence-electron chi connectivity index (χ0n) is 20.6. The molecule has 2 aliphatic heterocycles. The molecule has 7 nitrogen and oxygen atoms in total. The van der Waals surface area contributed by atoms with E-state index >= 15 is 0 Å². The number of aliphatic hydroxyl groups excluding tert-OH is 1. The van der Waals surface area contributed by atoms with Crippen molar-refractivity contribution in [2.24, 2.45) is 0 Å². The van der Waals surface area contributed by atoms with Crippen LogP contribution in [0.3, 0.4) is 0 Å². The number of ether oxygens (including phenoxy) is 3. The van der Waals surface area contributed by atoms with Gasteiger partial charge in [-0.3, -0.25) is 14.5 Å². The molecule has 1 fully saturated rings. The standard InChI is InChI=1S/C29H27NO6/c1-16(2)36-22-7-5-6-19(13-22)26-25(27(31)20-9-11-23-24(14-20)35-15-34-23)28(32)29(33)30(26)21-10-8-17(3)18(4)12-21/h5-14,16,26,31H,15H2,1-4H3/b27-25-. The first-order chi connectivity index (χ1) is 17.2. The second-order valence-corrected chi connectivity index (χ2v) is 9.24. The Morgan fingerprint density at radius 3 is 2.50 bits per heavy atom. The number of ketones is 1. The van der Waals surface area contributed by atoms with Gasteiger partial charge in [0.25, 0.3) is 11.7 Å². The van der Waals surface area contributed by atoms with Crippen LogP contribution in [0.15, 0.2) is 66.2 Å². The predicted octanol–water partition coefficient (Wildman–Crippen LogP) is 5.45. The fraction of sp³-hybridized carbons (Fsp3) is 0.241. The minimum Gasteiger partial charge on any atom is -0.507 e. The smallest absolute Gasteiger partial charge is 0.300 e. The molecule has 5 rings (SSSR count). The number of aliphatic hydroxyl groups is 1. The average Bonchev–Trinajstić information content (AvgIpc) is 3.42. The van der Waals surface area contributed by atoms with Gasteiger partial charge < -0.3 is 19.3 Å². The summed E-state index contributed by atoms with van der Waals surface area (Å²) < 4.78 is 16.7. The van der Waals surface area contributed by atoms with E-state index in [1.165, 1.54) is 4.90 Å². The summed E-state index contributed by atoms with van der Waals surface area (Å²) in [5.74, 6) is -0.123. The number of rotatable bonds is 5. The number of Topliss-reactive ketones (excluding diaryl/α,β-unsaturated/α-hetero) is 1. The lowest BCUT2D eigenvalue weighted by molar-refractivity contribution is -0.132. The van der Waals surface area contributed by atoms with Crippen molar-refractivity contribution in [3.63, 3.8) is 0 Å². The highest BCUT2D eigenvalue weighted by Gasteiger charge is 2.47. The van der Waals surface area contributed by atoms with E-state index in [0.29, 0.717) is 34.1 Å². The number of fused-ring (bicyclic) bond motifs is 1. The summed E-state index contributed by atoms with van der Waals surface area (Å²) in [6.07, 6.45) is -0.0556. The van der Waals surface area contributed by atoms with E-state index in [1.807, 2.05) is 64.1 Å². The fourth-order valence-corrected chi connectivity index (χ4v) is 4.52. The van der Waals surface area contributed by atoms with E-state index in [-0.39, 0.29) is 24.2 Å². The minimum atomic E-state index is -0.853. The van der Waals surface area contributed by atoms with Gasteiger partial charge in [0.2, 0.25) is 6.79 Å². The third kappa shape index (κ3) is 4.06. The van der Waals surface area contributed by atoms with Gasteiger partial charge in [-0.05, 0) is 86.8 Å². The summed E-state index contributed by atoms with van der Waals surface area (Å²) in [5.41, 5.74) is 3.63. The maximum absolute atomic E-state index is 13.4. The van der Waals surface area contributed by atoms with Crippen LogP contribution in [0.4, 0.5) is 5.69 Å². The van der Waals surface area contributed by atoms with Gasteiger partial charge >= 0.3 is 0 Å². The first-order valence-electron chi connectivity index (χ1n) is 11.8. The van der Waals surface area contributed by atoms with Crippen molar-refractivity contribution in [1.82, 2.24) is 0 Å². The molecule has 3 aromatic rings. The summed E-state index contributed by atoms with van der Waals surface area (Å²) in [4.78, 5) is 28.3. The van der Waals surface area contributed by atoms with E-state index in [2.05, 4.69) is 0 Å². The van der Waals surface area contributed by atoms with Gasteiger partial charge in [-0.15, -0.1) is 0 Å². The molecule has 1 saturated heterocycles. The maximum Gasteiger partial charge on any atom is 0.300 e. The molecule has 2 heterocycles. The van der Waals surface area contributed by atoms with Gasteiger partial charge in [0, 0.05) is 11.3 Å². The van der Waals surface area contributed by atoms with E-state index in [1.54, 1.807) is 24.3 Å². The molecule has 0 bridgehead atoms. The average molecular weight is 486 g/mol. The zero-order chi connectivity index (χ0) is 25.6.